The van der Waals surface area contributed by atoms with Gasteiger partial charge in [0.05, 0.1) is 7.11 Å². The Hall–Kier alpha value is -1.22. The Morgan fingerprint density at radius 1 is 1.20 bits per heavy atom. The third kappa shape index (κ3) is 3.45. The lowest BCUT2D eigenvalue weighted by atomic mass is 9.87. The first-order chi connectivity index (χ1) is 9.56. The fourth-order valence-electron chi connectivity index (χ4n) is 3.00. The number of rotatable bonds is 6. The van der Waals surface area contributed by atoms with Crippen molar-refractivity contribution in [3.8, 4) is 11.5 Å². The number of nitrogens with one attached hydrogen (secondary N) is 1. The van der Waals surface area contributed by atoms with E-state index in [0.29, 0.717) is 11.5 Å². The molecule has 0 heterocycles. The van der Waals surface area contributed by atoms with Crippen LogP contribution in [0.25, 0.3) is 0 Å². The second-order valence-corrected chi connectivity index (χ2v) is 6.29. The van der Waals surface area contributed by atoms with Crippen molar-refractivity contribution in [2.75, 3.05) is 13.7 Å². The van der Waals surface area contributed by atoms with E-state index in [2.05, 4.69) is 26.1 Å². The average molecular weight is 277 g/mol. The maximum absolute atomic E-state index is 6.20. The molecule has 0 amide bonds. The molecule has 1 aromatic rings. The minimum Gasteiger partial charge on any atom is -0.497 e. The quantitative estimate of drug-likeness (QED) is 0.861. The molecular formula is C17H27NO2. The zero-order valence-electron chi connectivity index (χ0n) is 13.1. The summed E-state index contributed by atoms with van der Waals surface area (Å²) in [5.74, 6) is 1.79. The smallest absolute Gasteiger partial charge is 0.120 e. The van der Waals surface area contributed by atoms with Crippen LogP contribution in [0, 0.1) is 5.41 Å². The first-order valence-electron chi connectivity index (χ1n) is 7.61. The maximum Gasteiger partial charge on any atom is 0.120 e. The van der Waals surface area contributed by atoms with Crippen LogP contribution < -0.4 is 14.8 Å². The van der Waals surface area contributed by atoms with Gasteiger partial charge in [0.25, 0.3) is 0 Å². The molecule has 2 rings (SSSR count). The molecule has 1 aromatic carbocycles. The molecule has 1 fully saturated rings. The van der Waals surface area contributed by atoms with E-state index in [9.17, 15) is 0 Å². The Morgan fingerprint density at radius 2 is 1.85 bits per heavy atom. The van der Waals surface area contributed by atoms with E-state index in [1.807, 2.05) is 24.3 Å². The summed E-state index contributed by atoms with van der Waals surface area (Å²) in [5.41, 5.74) is 0.298. The van der Waals surface area contributed by atoms with Crippen molar-refractivity contribution in [2.24, 2.45) is 5.41 Å². The van der Waals surface area contributed by atoms with Crippen molar-refractivity contribution in [1.82, 2.24) is 5.32 Å². The van der Waals surface area contributed by atoms with Crippen molar-refractivity contribution in [2.45, 2.75) is 52.2 Å². The van der Waals surface area contributed by atoms with E-state index < -0.39 is 0 Å². The molecule has 112 valence electrons. The van der Waals surface area contributed by atoms with Crippen molar-refractivity contribution in [1.29, 1.82) is 0 Å². The van der Waals surface area contributed by atoms with Crippen LogP contribution in [0.1, 0.15) is 40.0 Å². The third-order valence-corrected chi connectivity index (χ3v) is 4.25. The third-order valence-electron chi connectivity index (χ3n) is 4.25. The summed E-state index contributed by atoms with van der Waals surface area (Å²) < 4.78 is 11.4. The lowest BCUT2D eigenvalue weighted by Gasteiger charge is -2.31. The van der Waals surface area contributed by atoms with Gasteiger partial charge in [-0.15, -0.1) is 0 Å². The van der Waals surface area contributed by atoms with Crippen LogP contribution in [0.2, 0.25) is 0 Å². The van der Waals surface area contributed by atoms with Crippen LogP contribution in [-0.2, 0) is 0 Å². The van der Waals surface area contributed by atoms with E-state index in [4.69, 9.17) is 9.47 Å². The highest BCUT2D eigenvalue weighted by Crippen LogP contribution is 2.39. The van der Waals surface area contributed by atoms with Crippen molar-refractivity contribution >= 4 is 0 Å². The number of hydrogen-bond acceptors (Lipinski definition) is 3. The SMILES string of the molecule is CCCNC1C(Oc2ccc(OC)cc2)CCC1(C)C. The summed E-state index contributed by atoms with van der Waals surface area (Å²) in [6.07, 6.45) is 3.72. The molecule has 1 aliphatic rings. The van der Waals surface area contributed by atoms with Crippen LogP contribution in [0.3, 0.4) is 0 Å². The minimum absolute atomic E-state index is 0.255. The van der Waals surface area contributed by atoms with Gasteiger partial charge in [0.15, 0.2) is 0 Å². The van der Waals surface area contributed by atoms with Gasteiger partial charge in [-0.1, -0.05) is 20.8 Å². The Balaban J connectivity index is 2.02. The molecule has 0 aliphatic heterocycles. The van der Waals surface area contributed by atoms with Gasteiger partial charge in [-0.2, -0.15) is 0 Å². The van der Waals surface area contributed by atoms with Crippen molar-refractivity contribution < 1.29 is 9.47 Å². The first-order valence-corrected chi connectivity index (χ1v) is 7.61. The second kappa shape index (κ2) is 6.49. The predicted octanol–water partition coefficient (Wildman–Crippen LogP) is 3.63. The van der Waals surface area contributed by atoms with E-state index in [1.165, 1.54) is 6.42 Å². The van der Waals surface area contributed by atoms with Gasteiger partial charge < -0.3 is 14.8 Å². The Kier molecular flexibility index (Phi) is 4.92. The van der Waals surface area contributed by atoms with Gasteiger partial charge in [-0.05, 0) is 55.5 Å². The molecule has 3 heteroatoms. The van der Waals surface area contributed by atoms with E-state index in [1.54, 1.807) is 7.11 Å². The molecule has 0 saturated heterocycles. The molecule has 0 aromatic heterocycles. The van der Waals surface area contributed by atoms with Gasteiger partial charge in [0.2, 0.25) is 0 Å². The van der Waals surface area contributed by atoms with Crippen LogP contribution >= 0.6 is 0 Å². The molecule has 3 nitrogen and oxygen atoms in total. The summed E-state index contributed by atoms with van der Waals surface area (Å²) in [4.78, 5) is 0. The van der Waals surface area contributed by atoms with Crippen LogP contribution in [0.15, 0.2) is 24.3 Å². The second-order valence-electron chi connectivity index (χ2n) is 6.29. The number of hydrogen-bond donors (Lipinski definition) is 1. The molecular weight excluding hydrogens is 250 g/mol. The summed E-state index contributed by atoms with van der Waals surface area (Å²) in [6, 6.07) is 8.29. The monoisotopic (exact) mass is 277 g/mol. The minimum atomic E-state index is 0.255. The van der Waals surface area contributed by atoms with Crippen LogP contribution in [-0.4, -0.2) is 25.8 Å². The highest BCUT2D eigenvalue weighted by atomic mass is 16.5. The van der Waals surface area contributed by atoms with Crippen LogP contribution in [0.4, 0.5) is 0 Å². The topological polar surface area (TPSA) is 30.5 Å². The van der Waals surface area contributed by atoms with Gasteiger partial charge >= 0.3 is 0 Å². The number of ether oxygens (including phenoxy) is 2. The average Bonchev–Trinajstić information content (AvgIpc) is 2.72. The zero-order chi connectivity index (χ0) is 14.6. The Labute approximate surface area is 122 Å². The van der Waals surface area contributed by atoms with E-state index in [0.717, 1.165) is 30.9 Å². The number of benzene rings is 1. The molecule has 2 atom stereocenters. The van der Waals surface area contributed by atoms with E-state index in [-0.39, 0.29) is 6.10 Å². The largest absolute Gasteiger partial charge is 0.497 e. The summed E-state index contributed by atoms with van der Waals surface area (Å²) in [6.45, 7) is 7.92. The molecule has 20 heavy (non-hydrogen) atoms. The fourth-order valence-corrected chi connectivity index (χ4v) is 3.00. The van der Waals surface area contributed by atoms with Gasteiger partial charge in [0, 0.05) is 6.04 Å². The van der Waals surface area contributed by atoms with Gasteiger partial charge in [-0.25, -0.2) is 0 Å². The van der Waals surface area contributed by atoms with Crippen molar-refractivity contribution in [3.05, 3.63) is 24.3 Å². The first kappa shape index (κ1) is 15.2. The van der Waals surface area contributed by atoms with Gasteiger partial charge in [0.1, 0.15) is 17.6 Å². The maximum atomic E-state index is 6.20. The molecule has 1 aliphatic carbocycles. The van der Waals surface area contributed by atoms with Crippen LogP contribution in [0.5, 0.6) is 11.5 Å². The predicted molar refractivity (Wildman–Crippen MR) is 82.5 cm³/mol. The zero-order valence-corrected chi connectivity index (χ0v) is 13.1. The van der Waals surface area contributed by atoms with Gasteiger partial charge in [-0.3, -0.25) is 0 Å². The van der Waals surface area contributed by atoms with Crippen molar-refractivity contribution in [3.63, 3.8) is 0 Å². The molecule has 2 unspecified atom stereocenters. The molecule has 0 spiro atoms. The summed E-state index contributed by atoms with van der Waals surface area (Å²) in [5, 5.41) is 3.66. The molecule has 1 saturated carbocycles. The highest BCUT2D eigenvalue weighted by molar-refractivity contribution is 5.31. The Bertz CT molecular complexity index is 414. The highest BCUT2D eigenvalue weighted by Gasteiger charge is 2.42. The lowest BCUT2D eigenvalue weighted by molar-refractivity contribution is 0.140. The summed E-state index contributed by atoms with van der Waals surface area (Å²) in [7, 11) is 1.68. The number of methoxy groups -OCH3 is 1. The normalized spacial score (nSPS) is 24.6. The molecule has 0 bridgehead atoms. The van der Waals surface area contributed by atoms with E-state index >= 15 is 0 Å². The fraction of sp³-hybridized carbons (Fsp3) is 0.647. The lowest BCUT2D eigenvalue weighted by Crippen LogP contribution is -2.46. The summed E-state index contributed by atoms with van der Waals surface area (Å²) >= 11 is 0. The standard InChI is InChI=1S/C17H27NO2/c1-5-12-18-16-15(10-11-17(16,2)3)20-14-8-6-13(19-4)7-9-14/h6-9,15-16,18H,5,10-12H2,1-4H3. The molecule has 0 radical (unpaired) electrons. The molecule has 1 N–H and O–H groups in total. The Morgan fingerprint density at radius 3 is 2.45 bits per heavy atom.